The molecule has 122 valence electrons. The van der Waals surface area contributed by atoms with Gasteiger partial charge in [0.15, 0.2) is 0 Å². The van der Waals surface area contributed by atoms with Gasteiger partial charge in [-0.3, -0.25) is 9.59 Å². The van der Waals surface area contributed by atoms with Gasteiger partial charge in [0.1, 0.15) is 5.69 Å². The standard InChI is InChI=1S/C16H20N4O3/c17-14(9-2-1-5-23-8-9)16(22)19-11-3-4-12-10(6-11)7-13(20-12)15(18)21/h3-4,6-7,9,14,20H,1-2,5,8,17H2,(H2,18,21)(H,19,22). The number of anilines is 1. The lowest BCUT2D eigenvalue weighted by molar-refractivity contribution is -0.119. The van der Waals surface area contributed by atoms with Crippen molar-refractivity contribution in [3.05, 3.63) is 30.0 Å². The topological polar surface area (TPSA) is 123 Å². The van der Waals surface area contributed by atoms with E-state index in [0.717, 1.165) is 30.4 Å². The molecule has 3 rings (SSSR count). The molecule has 0 saturated carbocycles. The molecule has 0 radical (unpaired) electrons. The van der Waals surface area contributed by atoms with E-state index in [0.29, 0.717) is 18.0 Å². The van der Waals surface area contributed by atoms with E-state index in [2.05, 4.69) is 10.3 Å². The third-order valence-electron chi connectivity index (χ3n) is 4.16. The van der Waals surface area contributed by atoms with E-state index in [4.69, 9.17) is 16.2 Å². The maximum Gasteiger partial charge on any atom is 0.265 e. The molecule has 7 nitrogen and oxygen atoms in total. The summed E-state index contributed by atoms with van der Waals surface area (Å²) in [5.41, 5.74) is 13.0. The second-order valence-corrected chi connectivity index (χ2v) is 5.84. The number of primary amides is 1. The van der Waals surface area contributed by atoms with Crippen LogP contribution in [0, 0.1) is 5.92 Å². The fourth-order valence-corrected chi connectivity index (χ4v) is 2.83. The second kappa shape index (κ2) is 6.39. The van der Waals surface area contributed by atoms with Crippen LogP contribution in [0.15, 0.2) is 24.3 Å². The minimum absolute atomic E-state index is 0.0428. The highest BCUT2D eigenvalue weighted by Gasteiger charge is 2.26. The Balaban J connectivity index is 1.72. The van der Waals surface area contributed by atoms with Gasteiger partial charge in [0.05, 0.1) is 12.6 Å². The predicted octanol–water partition coefficient (Wildman–Crippen LogP) is 0.959. The van der Waals surface area contributed by atoms with Gasteiger partial charge < -0.3 is 26.5 Å². The summed E-state index contributed by atoms with van der Waals surface area (Å²) in [5.74, 6) is -0.710. The number of H-pyrrole nitrogens is 1. The quantitative estimate of drug-likeness (QED) is 0.670. The van der Waals surface area contributed by atoms with Crippen LogP contribution in [-0.2, 0) is 9.53 Å². The van der Waals surface area contributed by atoms with Gasteiger partial charge in [-0.15, -0.1) is 0 Å². The molecule has 1 saturated heterocycles. The number of nitrogens with one attached hydrogen (secondary N) is 2. The molecule has 2 amide bonds. The monoisotopic (exact) mass is 316 g/mol. The van der Waals surface area contributed by atoms with Crippen molar-refractivity contribution in [2.24, 2.45) is 17.4 Å². The number of aromatic amines is 1. The van der Waals surface area contributed by atoms with Gasteiger partial charge in [0.2, 0.25) is 5.91 Å². The van der Waals surface area contributed by atoms with Crippen molar-refractivity contribution in [2.45, 2.75) is 18.9 Å². The lowest BCUT2D eigenvalue weighted by Gasteiger charge is -2.26. The number of aromatic nitrogens is 1. The van der Waals surface area contributed by atoms with E-state index < -0.39 is 11.9 Å². The molecule has 1 aliphatic rings. The van der Waals surface area contributed by atoms with Crippen LogP contribution < -0.4 is 16.8 Å². The van der Waals surface area contributed by atoms with Crippen molar-refractivity contribution in [2.75, 3.05) is 18.5 Å². The van der Waals surface area contributed by atoms with Crippen molar-refractivity contribution in [1.29, 1.82) is 0 Å². The Kier molecular flexibility index (Phi) is 4.31. The van der Waals surface area contributed by atoms with E-state index in [-0.39, 0.29) is 11.8 Å². The molecule has 6 N–H and O–H groups in total. The van der Waals surface area contributed by atoms with Crippen molar-refractivity contribution in [3.8, 4) is 0 Å². The molecule has 23 heavy (non-hydrogen) atoms. The van der Waals surface area contributed by atoms with Gasteiger partial charge in [0, 0.05) is 29.1 Å². The van der Waals surface area contributed by atoms with Crippen LogP contribution in [0.1, 0.15) is 23.3 Å². The molecular formula is C16H20N4O3. The van der Waals surface area contributed by atoms with Gasteiger partial charge in [-0.1, -0.05) is 0 Å². The molecule has 0 bridgehead atoms. The number of amides is 2. The van der Waals surface area contributed by atoms with Gasteiger partial charge >= 0.3 is 0 Å². The third kappa shape index (κ3) is 3.35. The van der Waals surface area contributed by atoms with Crippen LogP contribution in [0.4, 0.5) is 5.69 Å². The van der Waals surface area contributed by atoms with Crippen molar-refractivity contribution >= 4 is 28.4 Å². The number of hydrogen-bond acceptors (Lipinski definition) is 4. The number of ether oxygens (including phenoxy) is 1. The molecule has 7 heteroatoms. The Morgan fingerprint density at radius 1 is 1.35 bits per heavy atom. The first-order valence-corrected chi connectivity index (χ1v) is 7.61. The molecule has 2 atom stereocenters. The van der Waals surface area contributed by atoms with Gasteiger partial charge in [0.25, 0.3) is 5.91 Å². The molecule has 1 aromatic carbocycles. The van der Waals surface area contributed by atoms with E-state index >= 15 is 0 Å². The molecule has 1 aliphatic heterocycles. The average molecular weight is 316 g/mol. The number of fused-ring (bicyclic) bond motifs is 1. The zero-order valence-electron chi connectivity index (χ0n) is 12.7. The molecular weight excluding hydrogens is 296 g/mol. The molecule has 1 aromatic heterocycles. The lowest BCUT2D eigenvalue weighted by atomic mass is 9.94. The number of benzene rings is 1. The van der Waals surface area contributed by atoms with Crippen LogP contribution in [0.25, 0.3) is 10.9 Å². The Morgan fingerprint density at radius 3 is 2.87 bits per heavy atom. The lowest BCUT2D eigenvalue weighted by Crippen LogP contribution is -2.45. The van der Waals surface area contributed by atoms with E-state index in [9.17, 15) is 9.59 Å². The van der Waals surface area contributed by atoms with Crippen LogP contribution in [0.2, 0.25) is 0 Å². The summed E-state index contributed by atoms with van der Waals surface area (Å²) in [4.78, 5) is 26.4. The largest absolute Gasteiger partial charge is 0.381 e. The number of carbonyl (C=O) groups excluding carboxylic acids is 2. The minimum Gasteiger partial charge on any atom is -0.381 e. The van der Waals surface area contributed by atoms with Crippen LogP contribution in [-0.4, -0.2) is 36.1 Å². The number of carbonyl (C=O) groups is 2. The average Bonchev–Trinajstić information content (AvgIpc) is 2.98. The number of hydrogen-bond donors (Lipinski definition) is 4. The summed E-state index contributed by atoms with van der Waals surface area (Å²) in [5, 5.41) is 3.62. The summed E-state index contributed by atoms with van der Waals surface area (Å²) in [6.45, 7) is 1.25. The van der Waals surface area contributed by atoms with E-state index in [1.807, 2.05) is 0 Å². The molecule has 1 fully saturated rings. The highest BCUT2D eigenvalue weighted by molar-refractivity contribution is 6.00. The SMILES string of the molecule is NC(=O)c1cc2cc(NC(=O)C(N)C3CCCOC3)ccc2[nH]1. The van der Waals surface area contributed by atoms with Crippen LogP contribution in [0.3, 0.4) is 0 Å². The summed E-state index contributed by atoms with van der Waals surface area (Å²) in [7, 11) is 0. The van der Waals surface area contributed by atoms with Crippen LogP contribution in [0.5, 0.6) is 0 Å². The van der Waals surface area contributed by atoms with Gasteiger partial charge in [-0.2, -0.15) is 0 Å². The number of rotatable bonds is 4. The fraction of sp³-hybridized carbons (Fsp3) is 0.375. The zero-order chi connectivity index (χ0) is 16.4. The third-order valence-corrected chi connectivity index (χ3v) is 4.16. The smallest absolute Gasteiger partial charge is 0.265 e. The maximum atomic E-state index is 12.3. The summed E-state index contributed by atoms with van der Waals surface area (Å²) < 4.78 is 5.38. The number of nitrogens with two attached hydrogens (primary N) is 2. The van der Waals surface area contributed by atoms with Crippen LogP contribution >= 0.6 is 0 Å². The Morgan fingerprint density at radius 2 is 2.17 bits per heavy atom. The first-order chi connectivity index (χ1) is 11.0. The Hall–Kier alpha value is -2.38. The second-order valence-electron chi connectivity index (χ2n) is 5.84. The van der Waals surface area contributed by atoms with E-state index in [1.165, 1.54) is 0 Å². The van der Waals surface area contributed by atoms with Crippen molar-refractivity contribution in [1.82, 2.24) is 4.98 Å². The highest BCUT2D eigenvalue weighted by Crippen LogP contribution is 2.21. The fourth-order valence-electron chi connectivity index (χ4n) is 2.83. The highest BCUT2D eigenvalue weighted by atomic mass is 16.5. The predicted molar refractivity (Wildman–Crippen MR) is 87.0 cm³/mol. The van der Waals surface area contributed by atoms with Crippen molar-refractivity contribution in [3.63, 3.8) is 0 Å². The van der Waals surface area contributed by atoms with Gasteiger partial charge in [-0.05, 0) is 37.1 Å². The van der Waals surface area contributed by atoms with Gasteiger partial charge in [-0.25, -0.2) is 0 Å². The summed E-state index contributed by atoms with van der Waals surface area (Å²) in [6.07, 6.45) is 1.82. The molecule has 0 spiro atoms. The summed E-state index contributed by atoms with van der Waals surface area (Å²) >= 11 is 0. The van der Waals surface area contributed by atoms with Crippen molar-refractivity contribution < 1.29 is 14.3 Å². The minimum atomic E-state index is -0.599. The maximum absolute atomic E-state index is 12.3. The zero-order valence-corrected chi connectivity index (χ0v) is 12.7. The normalized spacial score (nSPS) is 19.4. The Labute approximate surface area is 133 Å². The first kappa shape index (κ1) is 15.5. The molecule has 2 heterocycles. The van der Waals surface area contributed by atoms with E-state index in [1.54, 1.807) is 24.3 Å². The summed E-state index contributed by atoms with van der Waals surface area (Å²) in [6, 6.07) is 6.37. The molecule has 2 unspecified atom stereocenters. The Bertz CT molecular complexity index is 734. The first-order valence-electron chi connectivity index (χ1n) is 7.61. The molecule has 2 aromatic rings. The molecule has 0 aliphatic carbocycles.